The minimum atomic E-state index is -4.57. The molecular weight excluding hydrogens is 374 g/mol. The molecule has 1 aliphatic rings. The van der Waals surface area contributed by atoms with Crippen molar-refractivity contribution < 1.29 is 26.6 Å². The monoisotopic (exact) mass is 395 g/mol. The largest absolute Gasteiger partial charge is 0.400 e. The number of hydrogen-bond donors (Lipinski definition) is 0. The van der Waals surface area contributed by atoms with E-state index in [4.69, 9.17) is 0 Å². The molecule has 5 nitrogen and oxygen atoms in total. The van der Waals surface area contributed by atoms with Crippen LogP contribution in [0.15, 0.2) is 17.0 Å². The molecule has 0 radical (unpaired) electrons. The molecule has 1 fully saturated rings. The van der Waals surface area contributed by atoms with E-state index in [-0.39, 0.29) is 22.2 Å². The Balaban J connectivity index is 2.19. The standard InChI is InChI=1S/C16H21F4N3O2S/c1-11-8-12(17)13(9-14(11)26(25)10-16(18,19)20)22-4-6-23(7-5-22)15(24)21(2)3/h8-9H,4-7,10H2,1-3H3. The lowest BCUT2D eigenvalue weighted by Crippen LogP contribution is -2.51. The third-order valence-corrected chi connectivity index (χ3v) is 5.58. The molecule has 26 heavy (non-hydrogen) atoms. The van der Waals surface area contributed by atoms with Crippen LogP contribution in [0.4, 0.5) is 28.0 Å². The SMILES string of the molecule is Cc1cc(F)c(N2CCN(C(=O)N(C)C)CC2)cc1S(=O)CC(F)(F)F. The van der Waals surface area contributed by atoms with E-state index in [2.05, 4.69) is 0 Å². The number of halogens is 4. The summed E-state index contributed by atoms with van der Waals surface area (Å²) in [7, 11) is 0.974. The lowest BCUT2D eigenvalue weighted by Gasteiger charge is -2.37. The summed E-state index contributed by atoms with van der Waals surface area (Å²) in [5, 5.41) is 0. The highest BCUT2D eigenvalue weighted by Gasteiger charge is 2.32. The number of piperazine rings is 1. The Hall–Kier alpha value is -1.84. The van der Waals surface area contributed by atoms with Crippen LogP contribution in [0.25, 0.3) is 0 Å². The van der Waals surface area contributed by atoms with Crippen LogP contribution in [0.2, 0.25) is 0 Å². The van der Waals surface area contributed by atoms with Crippen LogP contribution in [-0.2, 0) is 10.8 Å². The van der Waals surface area contributed by atoms with Crippen LogP contribution in [0.1, 0.15) is 5.56 Å². The van der Waals surface area contributed by atoms with Gasteiger partial charge in [0.25, 0.3) is 0 Å². The maximum Gasteiger partial charge on any atom is 0.400 e. The molecular formula is C16H21F4N3O2S. The summed E-state index contributed by atoms with van der Waals surface area (Å²) in [6.07, 6.45) is -4.57. The lowest BCUT2D eigenvalue weighted by atomic mass is 10.2. The molecule has 1 saturated heterocycles. The number of alkyl halides is 3. The number of hydrogen-bond acceptors (Lipinski definition) is 3. The number of carbonyl (C=O) groups excluding carboxylic acids is 1. The van der Waals surface area contributed by atoms with E-state index >= 15 is 0 Å². The quantitative estimate of drug-likeness (QED) is 0.739. The number of nitrogens with zero attached hydrogens (tertiary/aromatic N) is 3. The average Bonchev–Trinajstić information content (AvgIpc) is 2.52. The highest BCUT2D eigenvalue weighted by atomic mass is 32.2. The molecule has 0 spiro atoms. The summed E-state index contributed by atoms with van der Waals surface area (Å²) in [4.78, 5) is 16.6. The Bertz CT molecular complexity index is 701. The van der Waals surface area contributed by atoms with Crippen molar-refractivity contribution in [2.45, 2.75) is 18.0 Å². The van der Waals surface area contributed by atoms with Crippen LogP contribution in [-0.4, -0.2) is 72.2 Å². The summed E-state index contributed by atoms with van der Waals surface area (Å²) < 4.78 is 64.0. The third-order valence-electron chi connectivity index (χ3n) is 4.06. The molecule has 0 N–H and O–H groups in total. The Morgan fingerprint density at radius 3 is 2.27 bits per heavy atom. The first-order valence-corrected chi connectivity index (χ1v) is 9.28. The molecule has 1 atom stereocenters. The third kappa shape index (κ3) is 4.87. The van der Waals surface area contributed by atoms with Gasteiger partial charge in [-0.1, -0.05) is 0 Å². The minimum absolute atomic E-state index is 0.0227. The number of rotatable bonds is 3. The zero-order valence-electron chi connectivity index (χ0n) is 14.8. The predicted octanol–water partition coefficient (Wildman–Crippen LogP) is 2.61. The van der Waals surface area contributed by atoms with Gasteiger partial charge in [-0.15, -0.1) is 0 Å². The molecule has 1 aromatic carbocycles. The Labute approximate surface area is 152 Å². The first kappa shape index (κ1) is 20.5. The second-order valence-electron chi connectivity index (χ2n) is 6.33. The van der Waals surface area contributed by atoms with Gasteiger partial charge in [0, 0.05) is 45.2 Å². The highest BCUT2D eigenvalue weighted by molar-refractivity contribution is 7.85. The molecule has 1 heterocycles. The minimum Gasteiger partial charge on any atom is -0.366 e. The lowest BCUT2D eigenvalue weighted by molar-refractivity contribution is -0.105. The van der Waals surface area contributed by atoms with Gasteiger partial charge in [0.05, 0.1) is 16.5 Å². The smallest absolute Gasteiger partial charge is 0.366 e. The van der Waals surface area contributed by atoms with Gasteiger partial charge < -0.3 is 14.7 Å². The van der Waals surface area contributed by atoms with E-state index in [9.17, 15) is 26.6 Å². The highest BCUT2D eigenvalue weighted by Crippen LogP contribution is 2.29. The molecule has 1 aromatic rings. The van der Waals surface area contributed by atoms with Crippen LogP contribution < -0.4 is 4.90 Å². The fourth-order valence-corrected chi connectivity index (χ4v) is 3.89. The number of carbonyl (C=O) groups is 1. The molecule has 10 heteroatoms. The summed E-state index contributed by atoms with van der Waals surface area (Å²) in [5.41, 5.74) is 0.327. The first-order chi connectivity index (χ1) is 12.0. The van der Waals surface area contributed by atoms with Gasteiger partial charge >= 0.3 is 12.2 Å². The summed E-state index contributed by atoms with van der Waals surface area (Å²) in [6.45, 7) is 2.84. The number of benzene rings is 1. The first-order valence-electron chi connectivity index (χ1n) is 7.96. The Morgan fingerprint density at radius 2 is 1.77 bits per heavy atom. The summed E-state index contributed by atoms with van der Waals surface area (Å²) >= 11 is 0. The Morgan fingerprint density at radius 1 is 1.19 bits per heavy atom. The van der Waals surface area contributed by atoms with E-state index in [1.807, 2.05) is 0 Å². The van der Waals surface area contributed by atoms with E-state index in [1.165, 1.54) is 17.9 Å². The van der Waals surface area contributed by atoms with E-state index in [0.717, 1.165) is 6.07 Å². The number of amides is 2. The van der Waals surface area contributed by atoms with Crippen molar-refractivity contribution in [1.82, 2.24) is 9.80 Å². The maximum absolute atomic E-state index is 14.3. The number of anilines is 1. The second kappa shape index (κ2) is 7.81. The molecule has 0 saturated carbocycles. The predicted molar refractivity (Wildman–Crippen MR) is 91.3 cm³/mol. The maximum atomic E-state index is 14.3. The van der Waals surface area contributed by atoms with E-state index < -0.39 is 28.5 Å². The molecule has 2 amide bonds. The molecule has 1 aliphatic heterocycles. The molecule has 146 valence electrons. The van der Waals surface area contributed by atoms with Crippen LogP contribution in [0.3, 0.4) is 0 Å². The zero-order valence-corrected chi connectivity index (χ0v) is 15.6. The normalized spacial score (nSPS) is 16.6. The van der Waals surface area contributed by atoms with E-state index in [0.29, 0.717) is 26.2 Å². The van der Waals surface area contributed by atoms with E-state index in [1.54, 1.807) is 23.9 Å². The van der Waals surface area contributed by atoms with Crippen molar-refractivity contribution in [2.75, 3.05) is 50.9 Å². The number of aryl methyl sites for hydroxylation is 1. The zero-order chi connectivity index (χ0) is 19.6. The Kier molecular flexibility index (Phi) is 6.15. The van der Waals surface area contributed by atoms with Gasteiger partial charge in [-0.25, -0.2) is 9.18 Å². The fourth-order valence-electron chi connectivity index (χ4n) is 2.78. The van der Waals surface area contributed by atoms with Gasteiger partial charge in [-0.3, -0.25) is 4.21 Å². The van der Waals surface area contributed by atoms with Crippen LogP contribution in [0.5, 0.6) is 0 Å². The van der Waals surface area contributed by atoms with Crippen molar-refractivity contribution in [3.8, 4) is 0 Å². The summed E-state index contributed by atoms with van der Waals surface area (Å²) in [6, 6.07) is 2.19. The fraction of sp³-hybridized carbons (Fsp3) is 0.562. The molecule has 1 unspecified atom stereocenters. The van der Waals surface area contributed by atoms with Gasteiger partial charge in [-0.2, -0.15) is 13.2 Å². The van der Waals surface area contributed by atoms with Gasteiger partial charge in [-0.05, 0) is 24.6 Å². The van der Waals surface area contributed by atoms with Gasteiger partial charge in [0.15, 0.2) is 0 Å². The molecule has 0 bridgehead atoms. The molecule has 0 aromatic heterocycles. The van der Waals surface area contributed by atoms with Crippen LogP contribution >= 0.6 is 0 Å². The van der Waals surface area contributed by atoms with Crippen molar-refractivity contribution in [1.29, 1.82) is 0 Å². The van der Waals surface area contributed by atoms with Crippen molar-refractivity contribution >= 4 is 22.5 Å². The van der Waals surface area contributed by atoms with Crippen molar-refractivity contribution in [3.63, 3.8) is 0 Å². The van der Waals surface area contributed by atoms with Crippen molar-refractivity contribution in [3.05, 3.63) is 23.5 Å². The second-order valence-corrected chi connectivity index (χ2v) is 7.74. The molecule has 2 rings (SSSR count). The number of urea groups is 1. The van der Waals surface area contributed by atoms with Crippen LogP contribution in [0, 0.1) is 12.7 Å². The van der Waals surface area contributed by atoms with Gasteiger partial charge in [0.1, 0.15) is 11.6 Å². The summed E-state index contributed by atoms with van der Waals surface area (Å²) in [5.74, 6) is -2.05. The van der Waals surface area contributed by atoms with Crippen molar-refractivity contribution in [2.24, 2.45) is 0 Å². The van der Waals surface area contributed by atoms with Gasteiger partial charge in [0.2, 0.25) is 0 Å². The topological polar surface area (TPSA) is 43.9 Å². The average molecular weight is 395 g/mol. The molecule has 0 aliphatic carbocycles.